The zero-order valence-electron chi connectivity index (χ0n) is 19.7. The van der Waals surface area contributed by atoms with E-state index in [9.17, 15) is 41.0 Å². The number of allylic oxidation sites excluding steroid dienone is 1. The number of fused-ring (bicyclic) bond motifs is 1. The summed E-state index contributed by atoms with van der Waals surface area (Å²) in [6.45, 7) is 0.330. The molecule has 0 bridgehead atoms. The molecule has 1 amide bonds. The maximum atomic E-state index is 13.9. The van der Waals surface area contributed by atoms with E-state index in [1.54, 1.807) is 18.2 Å². The van der Waals surface area contributed by atoms with Crippen molar-refractivity contribution >= 4 is 45.3 Å². The number of carbonyl (C=O) groups excluding carboxylic acids is 1. The molecular weight excluding hydrogens is 550 g/mol. The van der Waals surface area contributed by atoms with Crippen molar-refractivity contribution in [1.82, 2.24) is 15.1 Å². The minimum absolute atomic E-state index is 0.0306. The maximum Gasteiger partial charge on any atom is 0.416 e. The van der Waals surface area contributed by atoms with E-state index < -0.39 is 53.4 Å². The van der Waals surface area contributed by atoms with Crippen molar-refractivity contribution in [3.05, 3.63) is 69.8 Å². The van der Waals surface area contributed by atoms with Crippen molar-refractivity contribution in [1.29, 1.82) is 0 Å². The fourth-order valence-electron chi connectivity index (χ4n) is 4.67. The van der Waals surface area contributed by atoms with Crippen molar-refractivity contribution in [2.45, 2.75) is 37.7 Å². The number of carbonyl (C=O) groups is 2. The first kappa shape index (κ1) is 26.8. The third-order valence-electron chi connectivity index (χ3n) is 6.54. The minimum Gasteiger partial charge on any atom is -0.480 e. The van der Waals surface area contributed by atoms with Gasteiger partial charge in [0.1, 0.15) is 6.04 Å². The van der Waals surface area contributed by atoms with Gasteiger partial charge in [-0.1, -0.05) is 12.1 Å². The summed E-state index contributed by atoms with van der Waals surface area (Å²) in [5.74, 6) is -1.86. The van der Waals surface area contributed by atoms with Crippen LogP contribution in [0.4, 0.5) is 26.3 Å². The third kappa shape index (κ3) is 5.24. The lowest BCUT2D eigenvalue weighted by Gasteiger charge is -2.22. The molecule has 39 heavy (non-hydrogen) atoms. The van der Waals surface area contributed by atoms with Crippen LogP contribution in [0, 0.1) is 0 Å². The second-order valence-corrected chi connectivity index (χ2v) is 9.99. The number of hydrogen-bond donors (Lipinski definition) is 2. The van der Waals surface area contributed by atoms with Crippen LogP contribution in [0.15, 0.2) is 52.5 Å². The fourth-order valence-corrected chi connectivity index (χ4v) is 5.76. The maximum absolute atomic E-state index is 13.9. The Bertz CT molecular complexity index is 1540. The van der Waals surface area contributed by atoms with Crippen molar-refractivity contribution < 1.29 is 41.0 Å². The lowest BCUT2D eigenvalue weighted by molar-refractivity contribution is -0.143. The number of nitrogens with one attached hydrogen (secondary N) is 1. The van der Waals surface area contributed by atoms with Crippen molar-refractivity contribution in [2.75, 3.05) is 6.54 Å². The number of hydrogen-bond acceptors (Lipinski definition) is 5. The number of amides is 1. The van der Waals surface area contributed by atoms with E-state index in [-0.39, 0.29) is 21.7 Å². The molecule has 0 radical (unpaired) electrons. The zero-order valence-corrected chi connectivity index (χ0v) is 20.5. The molecule has 204 valence electrons. The number of aromatic amines is 1. The topological polar surface area (TPSA) is 98.6 Å². The highest BCUT2D eigenvalue weighted by Gasteiger charge is 2.40. The Balaban J connectivity index is 1.62. The van der Waals surface area contributed by atoms with E-state index in [2.05, 4.69) is 15.2 Å². The molecule has 7 nitrogen and oxygen atoms in total. The van der Waals surface area contributed by atoms with Gasteiger partial charge >= 0.3 is 18.3 Å². The molecule has 0 unspecified atom stereocenters. The normalized spacial score (nSPS) is 19.6. The quantitative estimate of drug-likeness (QED) is 0.308. The monoisotopic (exact) mass is 568 g/mol. The number of aliphatic carboxylic acids is 1. The molecule has 3 heterocycles. The summed E-state index contributed by atoms with van der Waals surface area (Å²) < 4.78 is 81.4. The second kappa shape index (κ2) is 9.74. The van der Waals surface area contributed by atoms with Gasteiger partial charge in [0.15, 0.2) is 5.17 Å². The molecule has 2 aliphatic heterocycles. The average molecular weight is 568 g/mol. The number of carboxylic acids is 1. The summed E-state index contributed by atoms with van der Waals surface area (Å²) in [4.78, 5) is 30.2. The number of likely N-dealkylation sites (tertiary alicyclic amines) is 1. The van der Waals surface area contributed by atoms with Gasteiger partial charge in [-0.2, -0.15) is 36.4 Å². The van der Waals surface area contributed by atoms with Gasteiger partial charge in [-0.25, -0.2) is 4.79 Å². The Morgan fingerprint density at radius 1 is 1.10 bits per heavy atom. The van der Waals surface area contributed by atoms with Crippen LogP contribution in [0.5, 0.6) is 0 Å². The molecule has 5 rings (SSSR count). The standard InChI is InChI=1S/C25H18F6N4O3S/c26-24(27,28)15-5-3-13(17(10-15)25(29,30)31)9-16(12-4-6-18-14(8-12)11-32-34-18)20-21(36)33-23(39-20)35-7-1-2-19(35)22(37)38/h3-6,8,10-11,19H,1-2,7,9H2,(H,32,34)(H,37,38)/t19-/m1/s1. The van der Waals surface area contributed by atoms with Gasteiger partial charge in [0.25, 0.3) is 5.91 Å². The number of amidine groups is 1. The third-order valence-corrected chi connectivity index (χ3v) is 7.67. The average Bonchev–Trinajstić information content (AvgIpc) is 3.60. The molecule has 0 spiro atoms. The number of aromatic nitrogens is 2. The molecule has 1 atom stereocenters. The number of halogens is 6. The second-order valence-electron chi connectivity index (χ2n) is 9.02. The Hall–Kier alpha value is -3.81. The predicted octanol–water partition coefficient (Wildman–Crippen LogP) is 5.73. The summed E-state index contributed by atoms with van der Waals surface area (Å²) in [5, 5.41) is 16.9. The smallest absolute Gasteiger partial charge is 0.416 e. The number of nitrogens with zero attached hydrogens (tertiary/aromatic N) is 3. The van der Waals surface area contributed by atoms with Crippen LogP contribution in [-0.4, -0.2) is 49.8 Å². The van der Waals surface area contributed by atoms with E-state index in [4.69, 9.17) is 0 Å². The van der Waals surface area contributed by atoms with Crippen LogP contribution < -0.4 is 0 Å². The minimum atomic E-state index is -5.10. The molecule has 2 aliphatic rings. The number of alkyl halides is 6. The van der Waals surface area contributed by atoms with Crippen molar-refractivity contribution in [3.8, 4) is 0 Å². The molecule has 1 aromatic heterocycles. The first-order valence-corrected chi connectivity index (χ1v) is 12.4. The predicted molar refractivity (Wildman–Crippen MR) is 131 cm³/mol. The number of aliphatic imine (C=N–C) groups is 1. The van der Waals surface area contributed by atoms with E-state index >= 15 is 0 Å². The number of carboxylic acid groups (broad SMARTS) is 1. The van der Waals surface area contributed by atoms with Crippen LogP contribution in [0.3, 0.4) is 0 Å². The summed E-state index contributed by atoms with van der Waals surface area (Å²) in [6.07, 6.45) is -8.24. The van der Waals surface area contributed by atoms with E-state index in [1.807, 2.05) is 0 Å². The molecule has 0 saturated carbocycles. The highest BCUT2D eigenvalue weighted by atomic mass is 32.2. The van der Waals surface area contributed by atoms with E-state index in [0.717, 1.165) is 17.8 Å². The molecule has 1 fully saturated rings. The fraction of sp³-hybridized carbons (Fsp3) is 0.280. The van der Waals surface area contributed by atoms with Gasteiger partial charge in [-0.05, 0) is 72.0 Å². The van der Waals surface area contributed by atoms with Crippen molar-refractivity contribution in [3.63, 3.8) is 0 Å². The van der Waals surface area contributed by atoms with Crippen LogP contribution >= 0.6 is 11.8 Å². The molecule has 14 heteroatoms. The SMILES string of the molecule is O=C1N=C(N2CCC[C@@H]2C(=O)O)SC1=C(Cc1ccc(C(F)(F)F)cc1C(F)(F)F)c1ccc2[nH]ncc2c1. The summed E-state index contributed by atoms with van der Waals surface area (Å²) >= 11 is 0.846. The van der Waals surface area contributed by atoms with Gasteiger partial charge in [-0.3, -0.25) is 9.89 Å². The summed E-state index contributed by atoms with van der Waals surface area (Å²) in [5.41, 5.74) is -2.29. The highest BCUT2D eigenvalue weighted by Crippen LogP contribution is 2.42. The summed E-state index contributed by atoms with van der Waals surface area (Å²) in [7, 11) is 0. The first-order chi connectivity index (χ1) is 18.3. The Labute approximate surface area is 220 Å². The summed E-state index contributed by atoms with van der Waals surface area (Å²) in [6, 6.07) is 5.25. The lowest BCUT2D eigenvalue weighted by Crippen LogP contribution is -2.38. The van der Waals surface area contributed by atoms with Gasteiger partial charge in [-0.15, -0.1) is 0 Å². The molecule has 1 saturated heterocycles. The van der Waals surface area contributed by atoms with Gasteiger partial charge in [0.2, 0.25) is 0 Å². The van der Waals surface area contributed by atoms with Crippen LogP contribution in [0.2, 0.25) is 0 Å². The molecule has 0 aliphatic carbocycles. The number of rotatable bonds is 4. The van der Waals surface area contributed by atoms with Gasteiger partial charge in [0.05, 0.1) is 27.7 Å². The van der Waals surface area contributed by atoms with E-state index in [1.165, 1.54) is 11.1 Å². The van der Waals surface area contributed by atoms with Crippen LogP contribution in [0.1, 0.15) is 35.1 Å². The highest BCUT2D eigenvalue weighted by molar-refractivity contribution is 8.18. The lowest BCUT2D eigenvalue weighted by atomic mass is 9.92. The first-order valence-electron chi connectivity index (χ1n) is 11.6. The number of benzene rings is 2. The zero-order chi connectivity index (χ0) is 28.1. The van der Waals surface area contributed by atoms with Crippen LogP contribution in [0.25, 0.3) is 16.5 Å². The number of thioether (sulfide) groups is 1. The number of H-pyrrole nitrogens is 1. The van der Waals surface area contributed by atoms with Gasteiger partial charge < -0.3 is 10.0 Å². The molecule has 3 aromatic rings. The van der Waals surface area contributed by atoms with E-state index in [0.29, 0.717) is 41.9 Å². The van der Waals surface area contributed by atoms with Gasteiger partial charge in [0, 0.05) is 11.9 Å². The largest absolute Gasteiger partial charge is 0.480 e. The Morgan fingerprint density at radius 3 is 2.56 bits per heavy atom. The molecule has 2 aromatic carbocycles. The molecule has 2 N–H and O–H groups in total. The Kier molecular flexibility index (Phi) is 6.69. The van der Waals surface area contributed by atoms with Crippen molar-refractivity contribution in [2.24, 2.45) is 4.99 Å². The molecular formula is C25H18F6N4O3S. The van der Waals surface area contributed by atoms with Crippen LogP contribution in [-0.2, 0) is 28.4 Å². The Morgan fingerprint density at radius 2 is 1.87 bits per heavy atom.